The van der Waals surface area contributed by atoms with Gasteiger partial charge >= 0.3 is 0 Å². The fourth-order valence-corrected chi connectivity index (χ4v) is 3.07. The summed E-state index contributed by atoms with van der Waals surface area (Å²) in [6, 6.07) is 10.5. The summed E-state index contributed by atoms with van der Waals surface area (Å²) >= 11 is 0. The number of halogens is 1. The summed E-state index contributed by atoms with van der Waals surface area (Å²) in [4.78, 5) is 0.0287. The first-order chi connectivity index (χ1) is 10.4. The van der Waals surface area contributed by atoms with Gasteiger partial charge in [-0.2, -0.15) is 0 Å². The molecule has 0 saturated heterocycles. The number of aryl methyl sites for hydroxylation is 2. The second-order valence-electron chi connectivity index (χ2n) is 4.92. The molecule has 0 aliphatic heterocycles. The van der Waals surface area contributed by atoms with Crippen molar-refractivity contribution in [3.63, 3.8) is 0 Å². The number of benzene rings is 2. The third-order valence-electron chi connectivity index (χ3n) is 3.17. The number of hydrogen-bond acceptors (Lipinski definition) is 3. The SMILES string of the molecule is Cc1cccc(C)c1OCCNS(=O)(=O)c1ccc(F)cc1. The smallest absolute Gasteiger partial charge is 0.240 e. The van der Waals surface area contributed by atoms with Crippen molar-refractivity contribution in [1.29, 1.82) is 0 Å². The van der Waals surface area contributed by atoms with E-state index in [0.29, 0.717) is 0 Å². The van der Waals surface area contributed by atoms with E-state index in [1.165, 1.54) is 12.1 Å². The predicted molar refractivity (Wildman–Crippen MR) is 83.0 cm³/mol. The number of ether oxygens (including phenoxy) is 1. The van der Waals surface area contributed by atoms with Crippen molar-refractivity contribution >= 4 is 10.0 Å². The highest BCUT2D eigenvalue weighted by atomic mass is 32.2. The van der Waals surface area contributed by atoms with Gasteiger partial charge in [0.15, 0.2) is 0 Å². The normalized spacial score (nSPS) is 11.4. The number of para-hydroxylation sites is 1. The average molecular weight is 323 g/mol. The molecule has 0 saturated carbocycles. The fourth-order valence-electron chi connectivity index (χ4n) is 2.05. The Morgan fingerprint density at radius 3 is 2.23 bits per heavy atom. The Hall–Kier alpha value is -1.92. The van der Waals surface area contributed by atoms with E-state index in [1.807, 2.05) is 32.0 Å². The Bertz CT molecular complexity index is 722. The van der Waals surface area contributed by atoms with Crippen molar-refractivity contribution in [3.05, 3.63) is 59.4 Å². The van der Waals surface area contributed by atoms with Crippen LogP contribution in [0.1, 0.15) is 11.1 Å². The largest absolute Gasteiger partial charge is 0.492 e. The summed E-state index contributed by atoms with van der Waals surface area (Å²) in [6.45, 7) is 4.22. The predicted octanol–water partition coefficient (Wildman–Crippen LogP) is 2.80. The van der Waals surface area contributed by atoms with E-state index in [2.05, 4.69) is 4.72 Å². The van der Waals surface area contributed by atoms with Gasteiger partial charge in [-0.1, -0.05) is 18.2 Å². The van der Waals surface area contributed by atoms with Crippen molar-refractivity contribution in [1.82, 2.24) is 4.72 Å². The monoisotopic (exact) mass is 323 g/mol. The molecule has 0 aliphatic rings. The van der Waals surface area contributed by atoms with Crippen LogP contribution in [0.15, 0.2) is 47.4 Å². The Balaban J connectivity index is 1.92. The third kappa shape index (κ3) is 4.05. The van der Waals surface area contributed by atoms with E-state index in [4.69, 9.17) is 4.74 Å². The average Bonchev–Trinajstić information content (AvgIpc) is 2.46. The quantitative estimate of drug-likeness (QED) is 0.832. The molecule has 4 nitrogen and oxygen atoms in total. The van der Waals surface area contributed by atoms with E-state index in [1.54, 1.807) is 0 Å². The highest BCUT2D eigenvalue weighted by Gasteiger charge is 2.13. The summed E-state index contributed by atoms with van der Waals surface area (Å²) in [7, 11) is -3.65. The zero-order valence-corrected chi connectivity index (χ0v) is 13.3. The van der Waals surface area contributed by atoms with Crippen molar-refractivity contribution in [2.75, 3.05) is 13.2 Å². The molecule has 118 valence electrons. The van der Waals surface area contributed by atoms with Gasteiger partial charge in [0.25, 0.3) is 0 Å². The molecule has 0 radical (unpaired) electrons. The van der Waals surface area contributed by atoms with Crippen LogP contribution in [0.3, 0.4) is 0 Å². The molecule has 0 atom stereocenters. The van der Waals surface area contributed by atoms with Gasteiger partial charge in [0, 0.05) is 6.54 Å². The lowest BCUT2D eigenvalue weighted by Gasteiger charge is -2.12. The van der Waals surface area contributed by atoms with Gasteiger partial charge in [-0.05, 0) is 49.2 Å². The standard InChI is InChI=1S/C16H18FNO3S/c1-12-4-3-5-13(2)16(12)21-11-10-18-22(19,20)15-8-6-14(17)7-9-15/h3-9,18H,10-11H2,1-2H3. The molecule has 0 unspecified atom stereocenters. The van der Waals surface area contributed by atoms with Gasteiger partial charge < -0.3 is 4.74 Å². The summed E-state index contributed by atoms with van der Waals surface area (Å²) in [5.41, 5.74) is 2.00. The molecule has 2 aromatic carbocycles. The number of hydrogen-bond donors (Lipinski definition) is 1. The van der Waals surface area contributed by atoms with Gasteiger partial charge in [0.2, 0.25) is 10.0 Å². The molecule has 6 heteroatoms. The summed E-state index contributed by atoms with van der Waals surface area (Å²) in [5.74, 6) is 0.292. The van der Waals surface area contributed by atoms with Gasteiger partial charge in [-0.15, -0.1) is 0 Å². The molecule has 0 aliphatic carbocycles. The molecular weight excluding hydrogens is 305 g/mol. The van der Waals surface area contributed by atoms with Crippen molar-refractivity contribution < 1.29 is 17.5 Å². The van der Waals surface area contributed by atoms with Crippen LogP contribution >= 0.6 is 0 Å². The van der Waals surface area contributed by atoms with E-state index in [0.717, 1.165) is 29.0 Å². The molecule has 0 spiro atoms. The van der Waals surface area contributed by atoms with Crippen LogP contribution in [0.2, 0.25) is 0 Å². The van der Waals surface area contributed by atoms with Crippen LogP contribution in [0.4, 0.5) is 4.39 Å². The Morgan fingerprint density at radius 2 is 1.64 bits per heavy atom. The lowest BCUT2D eigenvalue weighted by Crippen LogP contribution is -2.28. The highest BCUT2D eigenvalue weighted by molar-refractivity contribution is 7.89. The highest BCUT2D eigenvalue weighted by Crippen LogP contribution is 2.22. The number of rotatable bonds is 6. The molecular formula is C16H18FNO3S. The van der Waals surface area contributed by atoms with Crippen LogP contribution < -0.4 is 9.46 Å². The zero-order valence-electron chi connectivity index (χ0n) is 12.5. The molecule has 2 aromatic rings. The van der Waals surface area contributed by atoms with Gasteiger partial charge in [-0.3, -0.25) is 0 Å². The van der Waals surface area contributed by atoms with Crippen LogP contribution in [0.25, 0.3) is 0 Å². The third-order valence-corrected chi connectivity index (χ3v) is 4.65. The topological polar surface area (TPSA) is 55.4 Å². The van der Waals surface area contributed by atoms with Crippen molar-refractivity contribution in [3.8, 4) is 5.75 Å². The maximum absolute atomic E-state index is 12.8. The maximum Gasteiger partial charge on any atom is 0.240 e. The lowest BCUT2D eigenvalue weighted by molar-refractivity contribution is 0.318. The second kappa shape index (κ2) is 6.89. The van der Waals surface area contributed by atoms with Crippen molar-refractivity contribution in [2.24, 2.45) is 0 Å². The minimum absolute atomic E-state index is 0.0287. The molecule has 1 N–H and O–H groups in total. The van der Waals surface area contributed by atoms with E-state index < -0.39 is 15.8 Å². The van der Waals surface area contributed by atoms with E-state index >= 15 is 0 Å². The Labute approximate surface area is 130 Å². The molecule has 22 heavy (non-hydrogen) atoms. The van der Waals surface area contributed by atoms with Crippen LogP contribution in [0.5, 0.6) is 5.75 Å². The van der Waals surface area contributed by atoms with Crippen LogP contribution in [-0.4, -0.2) is 21.6 Å². The second-order valence-corrected chi connectivity index (χ2v) is 6.69. The Kier molecular flexibility index (Phi) is 5.15. The molecule has 0 bridgehead atoms. The molecule has 0 heterocycles. The maximum atomic E-state index is 12.8. The zero-order chi connectivity index (χ0) is 16.2. The Morgan fingerprint density at radius 1 is 1.05 bits per heavy atom. The minimum atomic E-state index is -3.65. The van der Waals surface area contributed by atoms with Crippen LogP contribution in [-0.2, 0) is 10.0 Å². The summed E-state index contributed by atoms with van der Waals surface area (Å²) < 4.78 is 44.9. The number of nitrogens with one attached hydrogen (secondary N) is 1. The lowest BCUT2D eigenvalue weighted by atomic mass is 10.1. The molecule has 0 aromatic heterocycles. The van der Waals surface area contributed by atoms with Gasteiger partial charge in [-0.25, -0.2) is 17.5 Å². The molecule has 0 fully saturated rings. The minimum Gasteiger partial charge on any atom is -0.492 e. The summed E-state index contributed by atoms with van der Waals surface area (Å²) in [6.07, 6.45) is 0. The molecule has 0 amide bonds. The van der Waals surface area contributed by atoms with Crippen molar-refractivity contribution in [2.45, 2.75) is 18.7 Å². The first-order valence-corrected chi connectivity index (χ1v) is 8.33. The van der Waals surface area contributed by atoms with E-state index in [9.17, 15) is 12.8 Å². The van der Waals surface area contributed by atoms with Gasteiger partial charge in [0.05, 0.1) is 4.90 Å². The first kappa shape index (κ1) is 16.5. The van der Waals surface area contributed by atoms with Gasteiger partial charge in [0.1, 0.15) is 18.2 Å². The fraction of sp³-hybridized carbons (Fsp3) is 0.250. The summed E-state index contributed by atoms with van der Waals surface area (Å²) in [5, 5.41) is 0. The first-order valence-electron chi connectivity index (χ1n) is 6.84. The van der Waals surface area contributed by atoms with Crippen LogP contribution in [0, 0.1) is 19.7 Å². The molecule has 2 rings (SSSR count). The van der Waals surface area contributed by atoms with E-state index in [-0.39, 0.29) is 18.0 Å². The number of sulfonamides is 1.